The zero-order valence-electron chi connectivity index (χ0n) is 17.0. The van der Waals surface area contributed by atoms with E-state index < -0.39 is 0 Å². The summed E-state index contributed by atoms with van der Waals surface area (Å²) in [4.78, 5) is 15.4. The third-order valence-corrected chi connectivity index (χ3v) is 6.46. The Hall–Kier alpha value is -2.11. The van der Waals surface area contributed by atoms with Crippen LogP contribution in [0.1, 0.15) is 47.3 Å². The van der Waals surface area contributed by atoms with Gasteiger partial charge in [-0.15, -0.1) is 0 Å². The molecule has 0 spiro atoms. The summed E-state index contributed by atoms with van der Waals surface area (Å²) in [5.41, 5.74) is 2.89. The van der Waals surface area contributed by atoms with E-state index in [-0.39, 0.29) is 11.5 Å². The summed E-state index contributed by atoms with van der Waals surface area (Å²) in [7, 11) is 0. The monoisotopic (exact) mass is 455 g/mol. The van der Waals surface area contributed by atoms with E-state index in [1.54, 1.807) is 12.1 Å². The maximum absolute atomic E-state index is 13.1. The van der Waals surface area contributed by atoms with E-state index in [1.165, 1.54) is 6.42 Å². The number of nitrogens with zero attached hydrogens (tertiary/aromatic N) is 1. The molecular weight excluding hydrogens is 430 g/mol. The van der Waals surface area contributed by atoms with E-state index in [2.05, 4.69) is 34.7 Å². The Balaban J connectivity index is 1.70. The number of carbonyl (C=O) groups is 1. The lowest BCUT2D eigenvalue weighted by molar-refractivity contribution is 0.101. The molecule has 1 fully saturated rings. The summed E-state index contributed by atoms with van der Waals surface area (Å²) in [6, 6.07) is 9.40. The number of Topliss-reactive ketones (excluding diaryl/α,β-unsaturated/α-hetero) is 1. The van der Waals surface area contributed by atoms with Gasteiger partial charge < -0.3 is 9.84 Å². The van der Waals surface area contributed by atoms with Crippen molar-refractivity contribution in [1.29, 1.82) is 0 Å². The van der Waals surface area contributed by atoms with E-state index >= 15 is 0 Å². The van der Waals surface area contributed by atoms with E-state index in [4.69, 9.17) is 4.74 Å². The summed E-state index contributed by atoms with van der Waals surface area (Å²) in [6.45, 7) is 8.93. The van der Waals surface area contributed by atoms with Crippen molar-refractivity contribution < 1.29 is 14.6 Å². The molecule has 0 radical (unpaired) electrons. The number of aryl methyl sites for hydroxylation is 1. The Kier molecular flexibility index (Phi) is 5.54. The van der Waals surface area contributed by atoms with Crippen LogP contribution in [0.2, 0.25) is 0 Å². The number of benzene rings is 2. The van der Waals surface area contributed by atoms with Gasteiger partial charge in [-0.25, -0.2) is 0 Å². The zero-order chi connectivity index (χ0) is 20.7. The molecule has 2 atom stereocenters. The number of fused-ring (bicyclic) bond motifs is 1. The van der Waals surface area contributed by atoms with Gasteiger partial charge in [-0.2, -0.15) is 0 Å². The highest BCUT2D eigenvalue weighted by atomic mass is 79.9. The molecule has 2 aromatic carbocycles. The molecule has 2 aliphatic rings. The Morgan fingerprint density at radius 1 is 1.24 bits per heavy atom. The number of aromatic hydroxyl groups is 1. The van der Waals surface area contributed by atoms with E-state index in [1.807, 2.05) is 31.2 Å². The van der Waals surface area contributed by atoms with Crippen molar-refractivity contribution in [2.75, 3.05) is 13.1 Å². The highest BCUT2D eigenvalue weighted by Crippen LogP contribution is 2.43. The lowest BCUT2D eigenvalue weighted by Crippen LogP contribution is -2.38. The van der Waals surface area contributed by atoms with Gasteiger partial charge in [-0.1, -0.05) is 48.0 Å². The quantitative estimate of drug-likeness (QED) is 0.615. The van der Waals surface area contributed by atoms with Gasteiger partial charge in [0.2, 0.25) is 5.78 Å². The maximum atomic E-state index is 13.1. The van der Waals surface area contributed by atoms with Crippen molar-refractivity contribution in [3.63, 3.8) is 0 Å². The number of phenolic OH excluding ortho intramolecular Hbond substituents is 1. The third-order valence-electron chi connectivity index (χ3n) is 5.74. The normalized spacial score (nSPS) is 23.3. The lowest BCUT2D eigenvalue weighted by atomic mass is 9.91. The summed E-state index contributed by atoms with van der Waals surface area (Å²) >= 11 is 3.52. The summed E-state index contributed by atoms with van der Waals surface area (Å²) in [5.74, 6) is 2.11. The number of allylic oxidation sites excluding steroid dienone is 1. The van der Waals surface area contributed by atoms with Gasteiger partial charge in [0.1, 0.15) is 11.5 Å². The molecule has 152 valence electrons. The number of piperidine rings is 1. The fraction of sp³-hybridized carbons (Fsp3) is 0.375. The Morgan fingerprint density at radius 2 is 1.93 bits per heavy atom. The summed E-state index contributed by atoms with van der Waals surface area (Å²) in [6.07, 6.45) is 2.99. The second-order valence-corrected chi connectivity index (χ2v) is 9.35. The molecule has 2 aliphatic heterocycles. The number of carbonyl (C=O) groups excluding carboxylic acids is 1. The van der Waals surface area contributed by atoms with Crippen molar-refractivity contribution in [2.45, 2.75) is 33.7 Å². The second-order valence-electron chi connectivity index (χ2n) is 8.50. The molecule has 0 aromatic heterocycles. The zero-order valence-corrected chi connectivity index (χ0v) is 18.6. The Bertz CT molecular complexity index is 988. The molecule has 0 bridgehead atoms. The second kappa shape index (κ2) is 7.96. The number of likely N-dealkylation sites (tertiary alicyclic amines) is 1. The average molecular weight is 456 g/mol. The van der Waals surface area contributed by atoms with Gasteiger partial charge in [0.05, 0.1) is 11.1 Å². The molecule has 0 aliphatic carbocycles. The molecule has 2 aromatic rings. The first-order chi connectivity index (χ1) is 13.8. The number of hydrogen-bond donors (Lipinski definition) is 1. The minimum absolute atomic E-state index is 0.130. The van der Waals surface area contributed by atoms with Crippen LogP contribution in [0, 0.1) is 18.8 Å². The van der Waals surface area contributed by atoms with Crippen LogP contribution in [-0.4, -0.2) is 28.9 Å². The van der Waals surface area contributed by atoms with Crippen LogP contribution in [0.4, 0.5) is 0 Å². The first kappa shape index (κ1) is 20.2. The van der Waals surface area contributed by atoms with Crippen molar-refractivity contribution in [3.8, 4) is 11.5 Å². The third kappa shape index (κ3) is 3.99. The molecule has 29 heavy (non-hydrogen) atoms. The standard InChI is InChI=1S/C24H26BrNO3/c1-14-8-15(2)12-26(11-14)13-18-20(27)9-16(3)22-23(28)21(29-24(18)22)10-17-6-4-5-7-19(17)25/h4-7,9-10,14-15,27H,8,11-13H2,1-3H3/b21-10+. The predicted molar refractivity (Wildman–Crippen MR) is 118 cm³/mol. The number of ketones is 1. The largest absolute Gasteiger partial charge is 0.507 e. The van der Waals surface area contributed by atoms with Crippen LogP contribution in [0.5, 0.6) is 11.5 Å². The molecule has 2 unspecified atom stereocenters. The highest BCUT2D eigenvalue weighted by Gasteiger charge is 2.34. The summed E-state index contributed by atoms with van der Waals surface area (Å²) < 4.78 is 6.97. The van der Waals surface area contributed by atoms with Gasteiger partial charge in [-0.3, -0.25) is 9.69 Å². The highest BCUT2D eigenvalue weighted by molar-refractivity contribution is 9.10. The van der Waals surface area contributed by atoms with Crippen LogP contribution in [-0.2, 0) is 6.54 Å². The van der Waals surface area contributed by atoms with Crippen LogP contribution in [0.15, 0.2) is 40.6 Å². The SMILES string of the molecule is Cc1cc(O)c(CN2CC(C)CC(C)C2)c2c1C(=O)/C(=C\c1ccccc1Br)O2. The van der Waals surface area contributed by atoms with Crippen LogP contribution in [0.3, 0.4) is 0 Å². The van der Waals surface area contributed by atoms with Crippen LogP contribution >= 0.6 is 15.9 Å². The smallest absolute Gasteiger partial charge is 0.232 e. The molecule has 0 saturated carbocycles. The fourth-order valence-corrected chi connectivity index (χ4v) is 5.01. The van der Waals surface area contributed by atoms with Gasteiger partial charge in [0.15, 0.2) is 5.76 Å². The molecule has 1 saturated heterocycles. The minimum Gasteiger partial charge on any atom is -0.507 e. The number of halogens is 1. The van der Waals surface area contributed by atoms with E-state index in [0.29, 0.717) is 41.0 Å². The number of ether oxygens (including phenoxy) is 1. The molecule has 4 nitrogen and oxygen atoms in total. The number of rotatable bonds is 3. The van der Waals surface area contributed by atoms with Gasteiger partial charge in [0.25, 0.3) is 0 Å². The fourth-order valence-electron chi connectivity index (χ4n) is 4.61. The number of phenols is 1. The predicted octanol–water partition coefficient (Wildman–Crippen LogP) is 5.56. The molecule has 4 rings (SSSR count). The van der Waals surface area contributed by atoms with Gasteiger partial charge in [-0.05, 0) is 54.5 Å². The average Bonchev–Trinajstić information content (AvgIpc) is 2.96. The van der Waals surface area contributed by atoms with Crippen molar-refractivity contribution in [1.82, 2.24) is 4.90 Å². The molecule has 2 heterocycles. The molecule has 1 N–H and O–H groups in total. The van der Waals surface area contributed by atoms with Crippen molar-refractivity contribution in [3.05, 3.63) is 62.8 Å². The first-order valence-corrected chi connectivity index (χ1v) is 10.9. The van der Waals surface area contributed by atoms with E-state index in [9.17, 15) is 9.90 Å². The lowest BCUT2D eigenvalue weighted by Gasteiger charge is -2.35. The van der Waals surface area contributed by atoms with Crippen LogP contribution in [0.25, 0.3) is 6.08 Å². The Labute approximate surface area is 180 Å². The Morgan fingerprint density at radius 3 is 2.62 bits per heavy atom. The van der Waals surface area contributed by atoms with Gasteiger partial charge in [0, 0.05) is 24.1 Å². The maximum Gasteiger partial charge on any atom is 0.232 e. The van der Waals surface area contributed by atoms with Crippen LogP contribution < -0.4 is 4.74 Å². The molecule has 5 heteroatoms. The van der Waals surface area contributed by atoms with Crippen molar-refractivity contribution in [2.24, 2.45) is 11.8 Å². The topological polar surface area (TPSA) is 49.8 Å². The molecular formula is C24H26BrNO3. The van der Waals surface area contributed by atoms with Crippen molar-refractivity contribution >= 4 is 27.8 Å². The first-order valence-electron chi connectivity index (χ1n) is 10.1. The van der Waals surface area contributed by atoms with E-state index in [0.717, 1.165) is 28.7 Å². The molecule has 0 amide bonds. The summed E-state index contributed by atoms with van der Waals surface area (Å²) in [5, 5.41) is 10.7. The van der Waals surface area contributed by atoms with Gasteiger partial charge >= 0.3 is 0 Å². The minimum atomic E-state index is -0.130. The number of hydrogen-bond acceptors (Lipinski definition) is 4.